The molecule has 0 heterocycles. The minimum absolute atomic E-state index is 0.0103. The lowest BCUT2D eigenvalue weighted by molar-refractivity contribution is -0.118. The normalized spacial score (nSPS) is 10.9. The monoisotopic (exact) mass is 444 g/mol. The summed E-state index contributed by atoms with van der Waals surface area (Å²) in [5.74, 6) is -0.586. The molecule has 9 heteroatoms. The molecule has 0 spiro atoms. The summed E-state index contributed by atoms with van der Waals surface area (Å²) in [6.45, 7) is 1.22. The Morgan fingerprint density at radius 2 is 1.68 bits per heavy atom. The Morgan fingerprint density at radius 3 is 2.35 bits per heavy atom. The van der Waals surface area contributed by atoms with Crippen LogP contribution in [0.2, 0.25) is 0 Å². The van der Waals surface area contributed by atoms with Crippen LogP contribution < -0.4 is 19.5 Å². The number of benzene rings is 3. The van der Waals surface area contributed by atoms with Gasteiger partial charge in [0, 0.05) is 11.4 Å². The van der Waals surface area contributed by atoms with Crippen molar-refractivity contribution in [1.82, 2.24) is 0 Å². The van der Waals surface area contributed by atoms with Crippen LogP contribution in [0, 0.1) is 12.7 Å². The Bertz CT molecular complexity index is 1180. The van der Waals surface area contributed by atoms with E-state index >= 15 is 0 Å². The van der Waals surface area contributed by atoms with Crippen LogP contribution in [0.5, 0.6) is 11.5 Å². The fraction of sp³-hybridized carbons (Fsp3) is 0.136. The topological polar surface area (TPSA) is 93.7 Å². The highest BCUT2D eigenvalue weighted by molar-refractivity contribution is 7.92. The van der Waals surface area contributed by atoms with Gasteiger partial charge < -0.3 is 14.8 Å². The highest BCUT2D eigenvalue weighted by Gasteiger charge is 2.18. The van der Waals surface area contributed by atoms with Crippen LogP contribution >= 0.6 is 0 Å². The first-order valence-corrected chi connectivity index (χ1v) is 10.7. The molecule has 0 aliphatic heterocycles. The lowest BCUT2D eigenvalue weighted by Gasteiger charge is -2.13. The molecule has 0 atom stereocenters. The Kier molecular flexibility index (Phi) is 6.76. The van der Waals surface area contributed by atoms with E-state index in [0.717, 1.165) is 0 Å². The third-order valence-electron chi connectivity index (χ3n) is 4.30. The maximum Gasteiger partial charge on any atom is 0.262 e. The molecule has 3 rings (SSSR count). The zero-order chi connectivity index (χ0) is 22.4. The second-order valence-corrected chi connectivity index (χ2v) is 8.23. The van der Waals surface area contributed by atoms with Crippen molar-refractivity contribution in [3.05, 3.63) is 78.1 Å². The highest BCUT2D eigenvalue weighted by Crippen LogP contribution is 2.24. The molecule has 2 N–H and O–H groups in total. The Balaban J connectivity index is 1.71. The van der Waals surface area contributed by atoms with Gasteiger partial charge in [0.1, 0.15) is 5.75 Å². The predicted molar refractivity (Wildman–Crippen MR) is 116 cm³/mol. The lowest BCUT2D eigenvalue weighted by Crippen LogP contribution is -2.21. The van der Waals surface area contributed by atoms with Gasteiger partial charge >= 0.3 is 0 Å². The number of aryl methyl sites for hydroxylation is 1. The number of hydrogen-bond acceptors (Lipinski definition) is 5. The first-order valence-electron chi connectivity index (χ1n) is 9.23. The molecule has 0 bridgehead atoms. The third-order valence-corrected chi connectivity index (χ3v) is 5.82. The van der Waals surface area contributed by atoms with Gasteiger partial charge in [0.05, 0.1) is 12.0 Å². The molecule has 0 radical (unpaired) electrons. The van der Waals surface area contributed by atoms with Crippen molar-refractivity contribution in [2.45, 2.75) is 11.8 Å². The van der Waals surface area contributed by atoms with Gasteiger partial charge in [-0.05, 0) is 61.0 Å². The summed E-state index contributed by atoms with van der Waals surface area (Å²) in [7, 11) is -2.39. The van der Waals surface area contributed by atoms with Gasteiger partial charge in [-0.3, -0.25) is 9.52 Å². The van der Waals surface area contributed by atoms with Crippen molar-refractivity contribution in [2.24, 2.45) is 0 Å². The molecule has 0 aliphatic rings. The van der Waals surface area contributed by atoms with Crippen LogP contribution in [-0.4, -0.2) is 28.0 Å². The van der Waals surface area contributed by atoms with Crippen molar-refractivity contribution in [1.29, 1.82) is 0 Å². The first-order chi connectivity index (χ1) is 14.8. The average Bonchev–Trinajstić information content (AvgIpc) is 2.74. The molecule has 0 aliphatic carbocycles. The van der Waals surface area contributed by atoms with Crippen LogP contribution in [0.1, 0.15) is 5.56 Å². The Hall–Kier alpha value is -3.59. The number of carbonyl (C=O) groups excluding carboxylic acids is 1. The minimum Gasteiger partial charge on any atom is -0.497 e. The standard InChI is InChI=1S/C22H21FN2O5S/c1-15-7-8-17(24-22(26)14-30-20-6-4-3-5-19(20)23)13-21(15)31(27,28)25-16-9-11-18(29-2)12-10-16/h3-13,25H,14H2,1-2H3,(H,24,26). The van der Waals surface area contributed by atoms with Crippen molar-refractivity contribution in [3.8, 4) is 11.5 Å². The molecule has 3 aromatic rings. The minimum atomic E-state index is -3.91. The number of anilines is 2. The second-order valence-electron chi connectivity index (χ2n) is 6.58. The smallest absolute Gasteiger partial charge is 0.262 e. The summed E-state index contributed by atoms with van der Waals surface area (Å²) in [5, 5.41) is 2.56. The molecular formula is C22H21FN2O5S. The van der Waals surface area contributed by atoms with Crippen molar-refractivity contribution in [3.63, 3.8) is 0 Å². The number of carbonyl (C=O) groups is 1. The van der Waals surface area contributed by atoms with Crippen molar-refractivity contribution in [2.75, 3.05) is 23.8 Å². The van der Waals surface area contributed by atoms with Crippen LogP contribution in [-0.2, 0) is 14.8 Å². The van der Waals surface area contributed by atoms with E-state index in [4.69, 9.17) is 9.47 Å². The number of hydrogen-bond donors (Lipinski definition) is 2. The van der Waals surface area contributed by atoms with Gasteiger partial charge in [-0.1, -0.05) is 18.2 Å². The van der Waals surface area contributed by atoms with Crippen LogP contribution in [0.4, 0.5) is 15.8 Å². The van der Waals surface area contributed by atoms with Gasteiger partial charge in [0.2, 0.25) is 0 Å². The fourth-order valence-electron chi connectivity index (χ4n) is 2.74. The lowest BCUT2D eigenvalue weighted by atomic mass is 10.2. The molecule has 0 saturated carbocycles. The summed E-state index contributed by atoms with van der Waals surface area (Å²) >= 11 is 0. The SMILES string of the molecule is COc1ccc(NS(=O)(=O)c2cc(NC(=O)COc3ccccc3F)ccc2C)cc1. The summed E-state index contributed by atoms with van der Waals surface area (Å²) in [6, 6.07) is 16.7. The number of methoxy groups -OCH3 is 1. The van der Waals surface area contributed by atoms with Crippen LogP contribution in [0.3, 0.4) is 0 Å². The number of para-hydroxylation sites is 1. The fourth-order valence-corrected chi connectivity index (χ4v) is 4.07. The molecule has 0 unspecified atom stereocenters. The maximum absolute atomic E-state index is 13.6. The molecule has 3 aromatic carbocycles. The quantitative estimate of drug-likeness (QED) is 0.549. The summed E-state index contributed by atoms with van der Waals surface area (Å²) in [6.07, 6.45) is 0. The molecular weight excluding hydrogens is 423 g/mol. The largest absolute Gasteiger partial charge is 0.497 e. The second kappa shape index (κ2) is 9.48. The number of sulfonamides is 1. The van der Waals surface area contributed by atoms with E-state index in [-0.39, 0.29) is 16.3 Å². The van der Waals surface area contributed by atoms with Crippen LogP contribution in [0.25, 0.3) is 0 Å². The zero-order valence-corrected chi connectivity index (χ0v) is 17.7. The van der Waals surface area contributed by atoms with Gasteiger partial charge in [-0.15, -0.1) is 0 Å². The van der Waals surface area contributed by atoms with Gasteiger partial charge in [-0.2, -0.15) is 0 Å². The van der Waals surface area contributed by atoms with E-state index in [0.29, 0.717) is 17.0 Å². The van der Waals surface area contributed by atoms with E-state index in [1.54, 1.807) is 49.4 Å². The molecule has 162 valence electrons. The van der Waals surface area contributed by atoms with Gasteiger partial charge in [0.15, 0.2) is 18.2 Å². The van der Waals surface area contributed by atoms with Gasteiger partial charge in [0.25, 0.3) is 15.9 Å². The van der Waals surface area contributed by atoms with Crippen LogP contribution in [0.15, 0.2) is 71.6 Å². The van der Waals surface area contributed by atoms with E-state index in [2.05, 4.69) is 10.0 Å². The summed E-state index contributed by atoms with van der Waals surface area (Å²) in [4.78, 5) is 12.2. The number of rotatable bonds is 8. The van der Waals surface area contributed by atoms with Crippen molar-refractivity contribution < 1.29 is 27.1 Å². The Labute approximate surface area is 179 Å². The Morgan fingerprint density at radius 1 is 1.00 bits per heavy atom. The predicted octanol–water partition coefficient (Wildman–Crippen LogP) is 3.96. The third kappa shape index (κ3) is 5.73. The van der Waals surface area contributed by atoms with E-state index in [1.807, 2.05) is 0 Å². The molecule has 0 aromatic heterocycles. The number of nitrogens with one attached hydrogen (secondary N) is 2. The summed E-state index contributed by atoms with van der Waals surface area (Å²) < 4.78 is 52.0. The first kappa shape index (κ1) is 22.1. The van der Waals surface area contributed by atoms with Gasteiger partial charge in [-0.25, -0.2) is 12.8 Å². The molecule has 0 fully saturated rings. The zero-order valence-electron chi connectivity index (χ0n) is 16.9. The number of ether oxygens (including phenoxy) is 2. The molecule has 0 saturated heterocycles. The van der Waals surface area contributed by atoms with E-state index < -0.39 is 28.4 Å². The number of amides is 1. The molecule has 1 amide bonds. The highest BCUT2D eigenvalue weighted by atomic mass is 32.2. The maximum atomic E-state index is 13.6. The molecule has 31 heavy (non-hydrogen) atoms. The number of halogens is 1. The van der Waals surface area contributed by atoms with Crippen molar-refractivity contribution >= 4 is 27.3 Å². The van der Waals surface area contributed by atoms with E-state index in [9.17, 15) is 17.6 Å². The van der Waals surface area contributed by atoms with E-state index in [1.165, 1.54) is 31.4 Å². The summed E-state index contributed by atoms with van der Waals surface area (Å²) in [5.41, 5.74) is 1.14. The molecule has 7 nitrogen and oxygen atoms in total. The average molecular weight is 444 g/mol.